The van der Waals surface area contributed by atoms with E-state index in [0.29, 0.717) is 13.0 Å². The third-order valence-electron chi connectivity index (χ3n) is 3.96. The smallest absolute Gasteiger partial charge is 0.321 e. The summed E-state index contributed by atoms with van der Waals surface area (Å²) in [5.41, 5.74) is 2.82. The number of piperidine rings is 1. The summed E-state index contributed by atoms with van der Waals surface area (Å²) in [5.74, 6) is -1.14. The van der Waals surface area contributed by atoms with Gasteiger partial charge in [0, 0.05) is 17.6 Å². The maximum Gasteiger partial charge on any atom is 0.321 e. The molecule has 6 heteroatoms. The summed E-state index contributed by atoms with van der Waals surface area (Å²) in [6.45, 7) is 6.74. The average molecular weight is 369 g/mol. The van der Waals surface area contributed by atoms with Gasteiger partial charge in [-0.3, -0.25) is 4.79 Å². The minimum Gasteiger partial charge on any atom is -0.481 e. The van der Waals surface area contributed by atoms with E-state index >= 15 is 0 Å². The Kier molecular flexibility index (Phi) is 5.11. The molecule has 0 spiro atoms. The van der Waals surface area contributed by atoms with Gasteiger partial charge in [0.15, 0.2) is 0 Å². The highest BCUT2D eigenvalue weighted by molar-refractivity contribution is 9.10. The molecule has 0 radical (unpaired) electrons. The van der Waals surface area contributed by atoms with Crippen LogP contribution in [0.1, 0.15) is 24.5 Å². The van der Waals surface area contributed by atoms with E-state index in [-0.39, 0.29) is 18.5 Å². The van der Waals surface area contributed by atoms with Crippen LogP contribution in [0.15, 0.2) is 16.6 Å². The number of amides is 2. The largest absolute Gasteiger partial charge is 0.481 e. The van der Waals surface area contributed by atoms with E-state index in [1.54, 1.807) is 4.90 Å². The summed E-state index contributed by atoms with van der Waals surface area (Å²) in [5, 5.41) is 12.1. The minimum atomic E-state index is -0.836. The zero-order valence-corrected chi connectivity index (χ0v) is 14.6. The second-order valence-electron chi connectivity index (χ2n) is 6.15. The molecule has 1 aromatic rings. The van der Waals surface area contributed by atoms with E-state index < -0.39 is 11.9 Å². The first-order chi connectivity index (χ1) is 10.3. The summed E-state index contributed by atoms with van der Waals surface area (Å²) in [7, 11) is 0. The van der Waals surface area contributed by atoms with Crippen LogP contribution in [-0.4, -0.2) is 35.1 Å². The third-order valence-corrected chi connectivity index (χ3v) is 4.59. The van der Waals surface area contributed by atoms with Crippen LogP contribution < -0.4 is 5.32 Å². The molecule has 2 atom stereocenters. The Bertz CT molecular complexity index is 580. The highest BCUT2D eigenvalue weighted by atomic mass is 79.9. The van der Waals surface area contributed by atoms with E-state index in [9.17, 15) is 14.7 Å². The molecule has 2 rings (SSSR count). The van der Waals surface area contributed by atoms with Crippen molar-refractivity contribution < 1.29 is 14.7 Å². The third kappa shape index (κ3) is 3.80. The fourth-order valence-electron chi connectivity index (χ4n) is 2.96. The second-order valence-corrected chi connectivity index (χ2v) is 7.00. The Morgan fingerprint density at radius 2 is 2.00 bits per heavy atom. The molecule has 1 aliphatic heterocycles. The summed E-state index contributed by atoms with van der Waals surface area (Å²) >= 11 is 3.47. The minimum absolute atomic E-state index is 0.183. The number of carboxylic acids is 1. The van der Waals surface area contributed by atoms with Crippen LogP contribution in [0.25, 0.3) is 0 Å². The van der Waals surface area contributed by atoms with Gasteiger partial charge < -0.3 is 15.3 Å². The number of urea groups is 1. The Labute approximate surface area is 138 Å². The van der Waals surface area contributed by atoms with Gasteiger partial charge in [-0.25, -0.2) is 4.79 Å². The highest BCUT2D eigenvalue weighted by Gasteiger charge is 2.32. The molecule has 1 aromatic carbocycles. The summed E-state index contributed by atoms with van der Waals surface area (Å²) in [6, 6.07) is 3.70. The number of carbonyl (C=O) groups is 2. The number of aliphatic carboxylic acids is 1. The van der Waals surface area contributed by atoms with E-state index in [1.807, 2.05) is 32.9 Å². The number of nitrogens with one attached hydrogen (secondary N) is 1. The number of hydrogen-bond donors (Lipinski definition) is 2. The molecule has 2 unspecified atom stereocenters. The lowest BCUT2D eigenvalue weighted by molar-refractivity contribution is -0.143. The van der Waals surface area contributed by atoms with Crippen LogP contribution in [0.5, 0.6) is 0 Å². The van der Waals surface area contributed by atoms with Gasteiger partial charge >= 0.3 is 12.0 Å². The molecule has 0 bridgehead atoms. The molecule has 1 fully saturated rings. The maximum atomic E-state index is 12.5. The maximum absolute atomic E-state index is 12.5. The molecular weight excluding hydrogens is 348 g/mol. The number of aryl methyl sites for hydroxylation is 2. The monoisotopic (exact) mass is 368 g/mol. The Hall–Kier alpha value is -1.56. The van der Waals surface area contributed by atoms with E-state index in [0.717, 1.165) is 21.3 Å². The first kappa shape index (κ1) is 16.8. The number of benzene rings is 1. The fraction of sp³-hybridized carbons (Fsp3) is 0.500. The second kappa shape index (κ2) is 6.69. The predicted octanol–water partition coefficient (Wildman–Crippen LogP) is 3.64. The summed E-state index contributed by atoms with van der Waals surface area (Å²) < 4.78 is 0.832. The van der Waals surface area contributed by atoms with E-state index in [4.69, 9.17) is 0 Å². The van der Waals surface area contributed by atoms with Crippen molar-refractivity contribution in [3.05, 3.63) is 27.7 Å². The van der Waals surface area contributed by atoms with Crippen LogP contribution >= 0.6 is 15.9 Å². The number of rotatable bonds is 2. The van der Waals surface area contributed by atoms with Crippen LogP contribution in [0.4, 0.5) is 10.5 Å². The number of carbonyl (C=O) groups excluding carboxylic acids is 1. The number of carboxylic acid groups (broad SMARTS) is 1. The van der Waals surface area contributed by atoms with Gasteiger partial charge in [-0.05, 0) is 59.3 Å². The average Bonchev–Trinajstić information content (AvgIpc) is 2.41. The summed E-state index contributed by atoms with van der Waals surface area (Å²) in [6.07, 6.45) is 0.617. The van der Waals surface area contributed by atoms with Gasteiger partial charge in [-0.1, -0.05) is 13.0 Å². The molecule has 2 amide bonds. The Morgan fingerprint density at radius 3 is 2.59 bits per heavy atom. The Balaban J connectivity index is 2.13. The molecule has 0 aromatic heterocycles. The van der Waals surface area contributed by atoms with E-state index in [1.165, 1.54) is 0 Å². The lowest BCUT2D eigenvalue weighted by atomic mass is 9.91. The molecule has 120 valence electrons. The normalized spacial score (nSPS) is 21.5. The fourth-order valence-corrected chi connectivity index (χ4v) is 3.73. The van der Waals surface area contributed by atoms with Crippen molar-refractivity contribution in [3.8, 4) is 0 Å². The van der Waals surface area contributed by atoms with E-state index in [2.05, 4.69) is 21.2 Å². The van der Waals surface area contributed by atoms with Crippen molar-refractivity contribution >= 4 is 33.6 Å². The molecule has 2 N–H and O–H groups in total. The number of hydrogen-bond acceptors (Lipinski definition) is 2. The van der Waals surface area contributed by atoms with Crippen LogP contribution in [0, 0.1) is 25.7 Å². The zero-order chi connectivity index (χ0) is 16.4. The molecular formula is C16H21BrN2O3. The number of likely N-dealkylation sites (tertiary alicyclic amines) is 1. The van der Waals surface area contributed by atoms with Gasteiger partial charge in [-0.15, -0.1) is 0 Å². The zero-order valence-electron chi connectivity index (χ0n) is 13.0. The van der Waals surface area contributed by atoms with Gasteiger partial charge in [0.2, 0.25) is 0 Å². The van der Waals surface area contributed by atoms with Crippen molar-refractivity contribution in [2.75, 3.05) is 18.4 Å². The van der Waals surface area contributed by atoms with Gasteiger partial charge in [0.05, 0.1) is 11.6 Å². The summed E-state index contributed by atoms with van der Waals surface area (Å²) in [4.78, 5) is 25.3. The standard InChI is InChI=1S/C16H21BrN2O3/c1-9-4-11(3)14(13(17)6-9)18-16(22)19-7-10(2)5-12(8-19)15(20)21/h4,6,10,12H,5,7-8H2,1-3H3,(H,18,22)(H,20,21). The molecule has 22 heavy (non-hydrogen) atoms. The number of anilines is 1. The first-order valence-corrected chi connectivity index (χ1v) is 8.12. The Morgan fingerprint density at radius 1 is 1.32 bits per heavy atom. The first-order valence-electron chi connectivity index (χ1n) is 7.33. The molecule has 5 nitrogen and oxygen atoms in total. The number of nitrogens with zero attached hydrogens (tertiary/aromatic N) is 1. The van der Waals surface area contributed by atoms with Crippen LogP contribution in [-0.2, 0) is 4.79 Å². The van der Waals surface area contributed by atoms with Crippen LogP contribution in [0.3, 0.4) is 0 Å². The molecule has 0 saturated carbocycles. The van der Waals surface area contributed by atoms with Crippen molar-refractivity contribution in [3.63, 3.8) is 0 Å². The number of halogens is 1. The van der Waals surface area contributed by atoms with Crippen molar-refractivity contribution in [1.29, 1.82) is 0 Å². The lowest BCUT2D eigenvalue weighted by Crippen LogP contribution is -2.47. The van der Waals surface area contributed by atoms with Crippen molar-refractivity contribution in [1.82, 2.24) is 4.90 Å². The van der Waals surface area contributed by atoms with Gasteiger partial charge in [0.1, 0.15) is 0 Å². The van der Waals surface area contributed by atoms with Gasteiger partial charge in [-0.2, -0.15) is 0 Å². The molecule has 0 aliphatic carbocycles. The molecule has 1 heterocycles. The quantitative estimate of drug-likeness (QED) is 0.836. The van der Waals surface area contributed by atoms with Gasteiger partial charge in [0.25, 0.3) is 0 Å². The topological polar surface area (TPSA) is 69.6 Å². The van der Waals surface area contributed by atoms with Crippen LogP contribution in [0.2, 0.25) is 0 Å². The van der Waals surface area contributed by atoms with Crippen molar-refractivity contribution in [2.24, 2.45) is 11.8 Å². The van der Waals surface area contributed by atoms with Crippen molar-refractivity contribution in [2.45, 2.75) is 27.2 Å². The predicted molar refractivity (Wildman–Crippen MR) is 89.1 cm³/mol. The molecule has 1 saturated heterocycles. The lowest BCUT2D eigenvalue weighted by Gasteiger charge is -2.34. The SMILES string of the molecule is Cc1cc(C)c(NC(=O)N2CC(C)CC(C(=O)O)C2)c(Br)c1. The molecule has 1 aliphatic rings. The highest BCUT2D eigenvalue weighted by Crippen LogP contribution is 2.29.